The van der Waals surface area contributed by atoms with Gasteiger partial charge in [0.25, 0.3) is 0 Å². The maximum Gasteiger partial charge on any atom is 0.236 e. The van der Waals surface area contributed by atoms with Crippen molar-refractivity contribution < 1.29 is 4.79 Å². The first-order valence-electron chi connectivity index (χ1n) is 7.56. The second-order valence-electron chi connectivity index (χ2n) is 6.28. The fourth-order valence-electron chi connectivity index (χ4n) is 2.83. The van der Waals surface area contributed by atoms with Crippen LogP contribution in [0.25, 0.3) is 0 Å². The molecule has 18 heavy (non-hydrogen) atoms. The van der Waals surface area contributed by atoms with E-state index in [9.17, 15) is 4.79 Å². The van der Waals surface area contributed by atoms with Gasteiger partial charge in [-0.3, -0.25) is 4.79 Å². The number of rotatable bonds is 6. The molecule has 1 atom stereocenters. The summed E-state index contributed by atoms with van der Waals surface area (Å²) in [6.07, 6.45) is 7.26. The first kappa shape index (κ1) is 15.5. The summed E-state index contributed by atoms with van der Waals surface area (Å²) in [4.78, 5) is 11.8. The van der Waals surface area contributed by atoms with Crippen molar-refractivity contribution in [2.45, 2.75) is 65.3 Å². The minimum atomic E-state index is -0.336. The highest BCUT2D eigenvalue weighted by Crippen LogP contribution is 2.30. The van der Waals surface area contributed by atoms with Crippen LogP contribution in [0.5, 0.6) is 0 Å². The lowest BCUT2D eigenvalue weighted by molar-refractivity contribution is -0.122. The van der Waals surface area contributed by atoms with Crippen molar-refractivity contribution in [1.29, 1.82) is 0 Å². The molecule has 0 bridgehead atoms. The van der Waals surface area contributed by atoms with Crippen molar-refractivity contribution in [3.63, 3.8) is 0 Å². The van der Waals surface area contributed by atoms with Crippen LogP contribution in [0.3, 0.4) is 0 Å². The molecular weight excluding hydrogens is 224 g/mol. The Morgan fingerprint density at radius 3 is 2.28 bits per heavy atom. The number of hydrogen-bond acceptors (Lipinski definition) is 2. The van der Waals surface area contributed by atoms with Crippen LogP contribution < -0.4 is 11.1 Å². The minimum Gasteiger partial charge on any atom is -0.354 e. The molecule has 3 heteroatoms. The topological polar surface area (TPSA) is 55.1 Å². The highest BCUT2D eigenvalue weighted by atomic mass is 16.2. The maximum atomic E-state index is 11.8. The van der Waals surface area contributed by atoms with E-state index in [0.717, 1.165) is 18.9 Å². The molecule has 3 nitrogen and oxygen atoms in total. The van der Waals surface area contributed by atoms with Crippen LogP contribution in [0.15, 0.2) is 0 Å². The zero-order chi connectivity index (χ0) is 13.5. The van der Waals surface area contributed by atoms with Crippen molar-refractivity contribution in [2.24, 2.45) is 23.5 Å². The quantitative estimate of drug-likeness (QED) is 0.765. The predicted octanol–water partition coefficient (Wildman–Crippen LogP) is 2.69. The van der Waals surface area contributed by atoms with E-state index in [0.29, 0.717) is 11.8 Å². The Morgan fingerprint density at radius 1 is 1.22 bits per heavy atom. The molecule has 0 aromatic rings. The monoisotopic (exact) mass is 254 g/mol. The Kier molecular flexibility index (Phi) is 6.69. The van der Waals surface area contributed by atoms with Crippen LogP contribution in [-0.2, 0) is 4.79 Å². The molecule has 1 saturated carbocycles. The minimum absolute atomic E-state index is 0.0290. The van der Waals surface area contributed by atoms with Crippen LogP contribution >= 0.6 is 0 Å². The van der Waals surface area contributed by atoms with Gasteiger partial charge in [0.05, 0.1) is 6.04 Å². The van der Waals surface area contributed by atoms with Gasteiger partial charge in [-0.2, -0.15) is 0 Å². The molecule has 1 rings (SSSR count). The lowest BCUT2D eigenvalue weighted by atomic mass is 9.81. The largest absolute Gasteiger partial charge is 0.354 e. The van der Waals surface area contributed by atoms with E-state index < -0.39 is 0 Å². The fourth-order valence-corrected chi connectivity index (χ4v) is 2.83. The molecule has 1 amide bonds. The number of amides is 1. The van der Waals surface area contributed by atoms with E-state index in [4.69, 9.17) is 5.73 Å². The summed E-state index contributed by atoms with van der Waals surface area (Å²) in [6.45, 7) is 7.29. The van der Waals surface area contributed by atoms with Gasteiger partial charge in [-0.15, -0.1) is 0 Å². The van der Waals surface area contributed by atoms with Gasteiger partial charge >= 0.3 is 0 Å². The smallest absolute Gasteiger partial charge is 0.236 e. The lowest BCUT2D eigenvalue weighted by Gasteiger charge is -2.28. The second-order valence-corrected chi connectivity index (χ2v) is 6.28. The van der Waals surface area contributed by atoms with Crippen molar-refractivity contribution >= 4 is 5.91 Å². The van der Waals surface area contributed by atoms with Gasteiger partial charge in [0.1, 0.15) is 0 Å². The summed E-state index contributed by atoms with van der Waals surface area (Å²) in [6, 6.07) is -0.336. The Morgan fingerprint density at radius 2 is 1.78 bits per heavy atom. The van der Waals surface area contributed by atoms with Crippen LogP contribution in [0.1, 0.15) is 59.3 Å². The summed E-state index contributed by atoms with van der Waals surface area (Å²) < 4.78 is 0. The van der Waals surface area contributed by atoms with E-state index in [1.54, 1.807) is 0 Å². The van der Waals surface area contributed by atoms with Gasteiger partial charge in [0, 0.05) is 6.54 Å². The molecule has 3 N–H and O–H groups in total. The van der Waals surface area contributed by atoms with Crippen LogP contribution in [0.4, 0.5) is 0 Å². The Bertz CT molecular complexity index is 245. The van der Waals surface area contributed by atoms with Gasteiger partial charge in [-0.05, 0) is 37.0 Å². The molecular formula is C15H30N2O. The van der Waals surface area contributed by atoms with E-state index in [-0.39, 0.29) is 11.9 Å². The van der Waals surface area contributed by atoms with E-state index >= 15 is 0 Å². The molecule has 0 aliphatic heterocycles. The first-order valence-corrected chi connectivity index (χ1v) is 7.56. The third-order valence-corrected chi connectivity index (χ3v) is 4.17. The van der Waals surface area contributed by atoms with Gasteiger partial charge in [0.15, 0.2) is 0 Å². The average molecular weight is 254 g/mol. The summed E-state index contributed by atoms with van der Waals surface area (Å²) in [5, 5.41) is 3.03. The number of carbonyl (C=O) groups excluding carboxylic acids is 1. The third-order valence-electron chi connectivity index (χ3n) is 4.17. The van der Waals surface area contributed by atoms with E-state index in [2.05, 4.69) is 26.1 Å². The highest BCUT2D eigenvalue weighted by molar-refractivity contribution is 5.81. The summed E-state index contributed by atoms with van der Waals surface area (Å²) in [5.41, 5.74) is 5.87. The highest BCUT2D eigenvalue weighted by Gasteiger charge is 2.21. The predicted molar refractivity (Wildman–Crippen MR) is 76.2 cm³/mol. The number of carbonyl (C=O) groups is 1. The molecule has 0 aromatic carbocycles. The molecule has 0 aromatic heterocycles. The van der Waals surface area contributed by atoms with Gasteiger partial charge in [-0.25, -0.2) is 0 Å². The molecule has 106 valence electrons. The summed E-state index contributed by atoms with van der Waals surface area (Å²) in [5.74, 6) is 2.09. The summed E-state index contributed by atoms with van der Waals surface area (Å²) >= 11 is 0. The standard InChI is InChI=1S/C15H30N2O/c1-4-12-5-7-13(8-6-12)10-17-15(18)14(16)9-11(2)3/h11-14H,4-10,16H2,1-3H3,(H,17,18)/t12?,13?,14-/m0/s1. The molecule has 0 saturated heterocycles. The molecule has 1 aliphatic carbocycles. The molecule has 1 aliphatic rings. The van der Waals surface area contributed by atoms with Crippen molar-refractivity contribution in [3.05, 3.63) is 0 Å². The van der Waals surface area contributed by atoms with Crippen molar-refractivity contribution in [3.8, 4) is 0 Å². The van der Waals surface area contributed by atoms with E-state index in [1.165, 1.54) is 32.1 Å². The normalized spacial score (nSPS) is 26.1. The molecule has 0 unspecified atom stereocenters. The van der Waals surface area contributed by atoms with Crippen LogP contribution in [-0.4, -0.2) is 18.5 Å². The summed E-state index contributed by atoms with van der Waals surface area (Å²) in [7, 11) is 0. The van der Waals surface area contributed by atoms with Crippen molar-refractivity contribution in [2.75, 3.05) is 6.54 Å². The van der Waals surface area contributed by atoms with Crippen molar-refractivity contribution in [1.82, 2.24) is 5.32 Å². The first-order chi connectivity index (χ1) is 8.52. The Balaban J connectivity index is 2.19. The second kappa shape index (κ2) is 7.78. The molecule has 1 fully saturated rings. The Hall–Kier alpha value is -0.570. The average Bonchev–Trinajstić information content (AvgIpc) is 2.35. The molecule has 0 spiro atoms. The number of hydrogen-bond donors (Lipinski definition) is 2. The zero-order valence-electron chi connectivity index (χ0n) is 12.2. The lowest BCUT2D eigenvalue weighted by Crippen LogP contribution is -2.43. The number of nitrogens with one attached hydrogen (secondary N) is 1. The van der Waals surface area contributed by atoms with Crippen LogP contribution in [0, 0.1) is 17.8 Å². The maximum absolute atomic E-state index is 11.8. The SMILES string of the molecule is CCC1CCC(CNC(=O)[C@@H](N)CC(C)C)CC1. The van der Waals surface area contributed by atoms with Gasteiger partial charge in [-0.1, -0.05) is 40.0 Å². The zero-order valence-corrected chi connectivity index (χ0v) is 12.2. The van der Waals surface area contributed by atoms with Gasteiger partial charge < -0.3 is 11.1 Å². The third kappa shape index (κ3) is 5.38. The molecule has 0 heterocycles. The van der Waals surface area contributed by atoms with Gasteiger partial charge in [0.2, 0.25) is 5.91 Å². The Labute approximate surface area is 112 Å². The van der Waals surface area contributed by atoms with Crippen LogP contribution in [0.2, 0.25) is 0 Å². The fraction of sp³-hybridized carbons (Fsp3) is 0.933. The van der Waals surface area contributed by atoms with E-state index in [1.807, 2.05) is 0 Å². The molecule has 0 radical (unpaired) electrons. The number of nitrogens with two attached hydrogens (primary N) is 1.